The quantitative estimate of drug-likeness (QED) is 0.217. The van der Waals surface area contributed by atoms with Crippen molar-refractivity contribution in [3.8, 4) is 34.5 Å². The van der Waals surface area contributed by atoms with E-state index in [-0.39, 0.29) is 0 Å². The first-order valence-electron chi connectivity index (χ1n) is 11.5. The minimum atomic E-state index is -3.42. The lowest BCUT2D eigenvalue weighted by Crippen LogP contribution is -2.37. The predicted molar refractivity (Wildman–Crippen MR) is 151 cm³/mol. The standard InChI is InChI=1S/C24H32N3O9P3/c1-28-19-10-7-13-22(16-19)34-37(31-4)25-38(32-5,35-23-14-8-11-20(17-23)29-2)27-39(26-37,33-6)36-24-15-9-12-21(18-24)30-3/h7-18,25-26H,1-6H3/q+2. The highest BCUT2D eigenvalue weighted by Crippen LogP contribution is 2.80. The Balaban J connectivity index is 1.83. The number of rotatable bonds is 12. The van der Waals surface area contributed by atoms with Crippen LogP contribution in [-0.4, -0.2) is 42.7 Å². The third kappa shape index (κ3) is 6.92. The SMILES string of the molecule is COc1cccc(OP2(OC)=N[P+](OC)(Oc3cccc(OC)c3)N[P+](OC)(Oc3cccc(OC)c3)N2)c1. The van der Waals surface area contributed by atoms with E-state index in [0.717, 1.165) is 0 Å². The van der Waals surface area contributed by atoms with Crippen molar-refractivity contribution in [2.75, 3.05) is 42.7 Å². The van der Waals surface area contributed by atoms with Gasteiger partial charge in [-0.05, 0) is 41.3 Å². The first-order valence-corrected chi connectivity index (χ1v) is 16.3. The zero-order valence-corrected chi connectivity index (χ0v) is 25.1. The topological polar surface area (TPSA) is 119 Å². The largest absolute Gasteiger partial charge is 0.570 e. The fourth-order valence-corrected chi connectivity index (χ4v) is 13.2. The third-order valence-corrected chi connectivity index (χ3v) is 14.2. The van der Waals surface area contributed by atoms with Crippen molar-refractivity contribution in [2.45, 2.75) is 0 Å². The minimum absolute atomic E-state index is 0.439. The first-order chi connectivity index (χ1) is 18.8. The summed E-state index contributed by atoms with van der Waals surface area (Å²) in [6, 6.07) is 21.2. The highest BCUT2D eigenvalue weighted by atomic mass is 31.3. The van der Waals surface area contributed by atoms with Gasteiger partial charge < -0.3 is 23.3 Å². The molecule has 0 radical (unpaired) electrons. The molecule has 3 aromatic carbocycles. The Morgan fingerprint density at radius 2 is 1.10 bits per heavy atom. The van der Waals surface area contributed by atoms with Gasteiger partial charge in [0.15, 0.2) is 11.5 Å². The summed E-state index contributed by atoms with van der Waals surface area (Å²) in [5.41, 5.74) is 0. The maximum atomic E-state index is 6.43. The van der Waals surface area contributed by atoms with Gasteiger partial charge in [0.05, 0.1) is 40.4 Å². The molecule has 15 heteroatoms. The van der Waals surface area contributed by atoms with Crippen molar-refractivity contribution in [2.24, 2.45) is 4.52 Å². The molecule has 39 heavy (non-hydrogen) atoms. The Labute approximate surface area is 229 Å². The van der Waals surface area contributed by atoms with E-state index in [1.165, 1.54) is 21.3 Å². The monoisotopic (exact) mass is 599 g/mol. The zero-order chi connectivity index (χ0) is 27.9. The molecule has 3 atom stereocenters. The molecule has 0 saturated carbocycles. The van der Waals surface area contributed by atoms with Crippen LogP contribution in [0.3, 0.4) is 0 Å². The number of benzene rings is 3. The van der Waals surface area contributed by atoms with Gasteiger partial charge in [0.1, 0.15) is 23.0 Å². The van der Waals surface area contributed by atoms with Crippen LogP contribution < -0.4 is 37.5 Å². The minimum Gasteiger partial charge on any atom is -0.497 e. The molecule has 3 unspecified atom stereocenters. The van der Waals surface area contributed by atoms with Crippen LogP contribution in [0.4, 0.5) is 0 Å². The Hall–Kier alpha value is -2.65. The van der Waals surface area contributed by atoms with Gasteiger partial charge >= 0.3 is 23.7 Å². The summed E-state index contributed by atoms with van der Waals surface area (Å²) >= 11 is 0. The summed E-state index contributed by atoms with van der Waals surface area (Å²) in [7, 11) is -1.01. The number of nitrogens with zero attached hydrogens (tertiary/aromatic N) is 1. The lowest BCUT2D eigenvalue weighted by molar-refractivity contribution is 0.320. The van der Waals surface area contributed by atoms with Crippen molar-refractivity contribution in [3.63, 3.8) is 0 Å². The summed E-state index contributed by atoms with van der Waals surface area (Å²) in [5.74, 6) is 3.13. The van der Waals surface area contributed by atoms with Gasteiger partial charge in [0.25, 0.3) is 0 Å². The summed E-state index contributed by atoms with van der Waals surface area (Å²) in [6.45, 7) is 0. The van der Waals surface area contributed by atoms with Crippen LogP contribution >= 0.6 is 23.7 Å². The van der Waals surface area contributed by atoms with Gasteiger partial charge in [0, 0.05) is 29.8 Å². The Kier molecular flexibility index (Phi) is 9.54. The average molecular weight is 599 g/mol. The summed E-state index contributed by atoms with van der Waals surface area (Å²) in [6.07, 6.45) is 0. The fourth-order valence-electron chi connectivity index (χ4n) is 3.42. The number of nitrogens with one attached hydrogen (secondary N) is 2. The highest BCUT2D eigenvalue weighted by Gasteiger charge is 2.71. The summed E-state index contributed by atoms with van der Waals surface area (Å²) in [5, 5.41) is 0. The van der Waals surface area contributed by atoms with Gasteiger partial charge in [-0.15, -0.1) is 0 Å². The number of hydrogen-bond donors (Lipinski definition) is 2. The molecular weight excluding hydrogens is 567 g/mol. The predicted octanol–water partition coefficient (Wildman–Crippen LogP) is 6.68. The van der Waals surface area contributed by atoms with E-state index in [9.17, 15) is 0 Å². The van der Waals surface area contributed by atoms with E-state index >= 15 is 0 Å². The average Bonchev–Trinajstić information content (AvgIpc) is 2.97. The van der Waals surface area contributed by atoms with E-state index < -0.39 is 23.7 Å². The third-order valence-electron chi connectivity index (χ3n) is 5.32. The normalized spacial score (nSPS) is 24.3. The van der Waals surface area contributed by atoms with Crippen molar-refractivity contribution in [1.29, 1.82) is 0 Å². The molecule has 2 N–H and O–H groups in total. The Morgan fingerprint density at radius 3 is 1.59 bits per heavy atom. The van der Waals surface area contributed by atoms with Crippen molar-refractivity contribution < 1.29 is 41.4 Å². The molecule has 0 bridgehead atoms. The molecule has 0 saturated heterocycles. The van der Waals surface area contributed by atoms with Gasteiger partial charge in [-0.3, -0.25) is 9.05 Å². The van der Waals surface area contributed by atoms with E-state index in [4.69, 9.17) is 45.9 Å². The van der Waals surface area contributed by atoms with E-state index in [0.29, 0.717) is 34.5 Å². The first kappa shape index (κ1) is 29.3. The van der Waals surface area contributed by atoms with Crippen molar-refractivity contribution in [1.82, 2.24) is 9.72 Å². The van der Waals surface area contributed by atoms with Gasteiger partial charge in [-0.2, -0.15) is 9.05 Å². The summed E-state index contributed by atoms with van der Waals surface area (Å²) in [4.78, 5) is 6.53. The number of hydrogen-bond acceptors (Lipinski definition) is 12. The van der Waals surface area contributed by atoms with Gasteiger partial charge in [-0.1, -0.05) is 18.2 Å². The second-order valence-electron chi connectivity index (χ2n) is 7.74. The maximum Gasteiger partial charge on any atom is 0.570 e. The highest BCUT2D eigenvalue weighted by molar-refractivity contribution is 7.88. The van der Waals surface area contributed by atoms with E-state index in [2.05, 4.69) is 9.72 Å². The van der Waals surface area contributed by atoms with E-state index in [1.807, 2.05) is 0 Å². The van der Waals surface area contributed by atoms with Crippen LogP contribution in [0.1, 0.15) is 0 Å². The van der Waals surface area contributed by atoms with Crippen molar-refractivity contribution >= 4 is 23.7 Å². The molecule has 3 aromatic rings. The Bertz CT molecular complexity index is 1330. The molecule has 0 aliphatic carbocycles. The Morgan fingerprint density at radius 1 is 0.615 bits per heavy atom. The molecule has 1 heterocycles. The molecule has 1 aliphatic rings. The van der Waals surface area contributed by atoms with Crippen LogP contribution in [0.5, 0.6) is 34.5 Å². The molecule has 1 aliphatic heterocycles. The molecule has 0 amide bonds. The van der Waals surface area contributed by atoms with Crippen LogP contribution in [0.15, 0.2) is 77.3 Å². The number of methoxy groups -OCH3 is 3. The lowest BCUT2D eigenvalue weighted by Gasteiger charge is -2.32. The summed E-state index contributed by atoms with van der Waals surface area (Å²) < 4.78 is 58.0. The number of ether oxygens (including phenoxy) is 3. The smallest absolute Gasteiger partial charge is 0.497 e. The van der Waals surface area contributed by atoms with Crippen LogP contribution in [-0.2, 0) is 13.6 Å². The van der Waals surface area contributed by atoms with Gasteiger partial charge in [0.2, 0.25) is 0 Å². The molecule has 210 valence electrons. The van der Waals surface area contributed by atoms with Gasteiger partial charge in [-0.25, -0.2) is 0 Å². The molecule has 4 rings (SSSR count). The van der Waals surface area contributed by atoms with Crippen LogP contribution in [0.25, 0.3) is 0 Å². The van der Waals surface area contributed by atoms with Crippen LogP contribution in [0, 0.1) is 0 Å². The van der Waals surface area contributed by atoms with Crippen molar-refractivity contribution in [3.05, 3.63) is 72.8 Å². The fraction of sp³-hybridized carbons (Fsp3) is 0.250. The second-order valence-corrected chi connectivity index (χ2v) is 14.9. The maximum absolute atomic E-state index is 6.43. The second kappa shape index (κ2) is 12.7. The molecular formula is C24H32N3O9P3+2. The molecule has 0 spiro atoms. The van der Waals surface area contributed by atoms with Crippen LogP contribution in [0.2, 0.25) is 0 Å². The zero-order valence-electron chi connectivity index (χ0n) is 22.4. The molecule has 0 aromatic heterocycles. The molecule has 12 nitrogen and oxygen atoms in total. The van der Waals surface area contributed by atoms with E-state index in [1.54, 1.807) is 94.1 Å². The molecule has 0 fully saturated rings. The lowest BCUT2D eigenvalue weighted by atomic mass is 10.3.